The second kappa shape index (κ2) is 6.09. The van der Waals surface area contributed by atoms with Crippen LogP contribution in [0.25, 0.3) is 10.9 Å². The van der Waals surface area contributed by atoms with Gasteiger partial charge in [0.2, 0.25) is 0 Å². The van der Waals surface area contributed by atoms with Crippen molar-refractivity contribution in [2.24, 2.45) is 0 Å². The number of rotatable bonds is 4. The van der Waals surface area contributed by atoms with Crippen molar-refractivity contribution in [1.82, 2.24) is 4.98 Å². The highest BCUT2D eigenvalue weighted by Gasteiger charge is 2.13. The molecule has 0 N–H and O–H groups in total. The molecule has 0 atom stereocenters. The van der Waals surface area contributed by atoms with Crippen LogP contribution < -0.4 is 4.74 Å². The van der Waals surface area contributed by atoms with Crippen LogP contribution in [0.4, 0.5) is 0 Å². The molecule has 0 aliphatic carbocycles. The number of carbonyl (C=O) groups is 1. The Morgan fingerprint density at radius 3 is 2.80 bits per heavy atom. The van der Waals surface area contributed by atoms with Crippen LogP contribution in [0, 0.1) is 13.8 Å². The van der Waals surface area contributed by atoms with Gasteiger partial charge in [0.05, 0.1) is 22.5 Å². The van der Waals surface area contributed by atoms with Gasteiger partial charge >= 0.3 is 5.97 Å². The van der Waals surface area contributed by atoms with Crippen molar-refractivity contribution in [3.63, 3.8) is 0 Å². The normalized spacial score (nSPS) is 10.6. The molecular weight excluding hydrogens is 278 g/mol. The van der Waals surface area contributed by atoms with Crippen molar-refractivity contribution < 1.29 is 14.3 Å². The predicted octanol–water partition coefficient (Wildman–Crippen LogP) is 3.45. The largest absolute Gasteiger partial charge is 0.481 e. The van der Waals surface area contributed by atoms with E-state index in [0.717, 1.165) is 22.2 Å². The minimum atomic E-state index is -0.404. The number of ether oxygens (including phenoxy) is 2. The van der Waals surface area contributed by atoms with E-state index in [1.165, 1.54) is 0 Å². The molecule has 2 rings (SSSR count). The lowest BCUT2D eigenvalue weighted by Crippen LogP contribution is -2.15. The standard InChI is InChI=1S/C15H16ClNO3/c1-4-19-13(18)8-20-12-7-10(3)17-15-9(2)5-6-11(16)14(12)15/h5-7H,4,8H2,1-3H3. The molecule has 0 radical (unpaired) electrons. The Balaban J connectivity index is 2.42. The summed E-state index contributed by atoms with van der Waals surface area (Å²) in [5.41, 5.74) is 2.60. The number of aromatic nitrogens is 1. The molecule has 1 aromatic carbocycles. The lowest BCUT2D eigenvalue weighted by atomic mass is 10.1. The molecule has 0 unspecified atom stereocenters. The summed E-state index contributed by atoms with van der Waals surface area (Å²) in [4.78, 5) is 15.9. The maximum Gasteiger partial charge on any atom is 0.344 e. The van der Waals surface area contributed by atoms with Crippen LogP contribution in [-0.4, -0.2) is 24.2 Å². The van der Waals surface area contributed by atoms with Crippen LogP contribution in [0.3, 0.4) is 0 Å². The molecule has 0 saturated heterocycles. The van der Waals surface area contributed by atoms with Gasteiger partial charge in [0.1, 0.15) is 5.75 Å². The third-order valence-corrected chi connectivity index (χ3v) is 3.17. The Morgan fingerprint density at radius 2 is 2.10 bits per heavy atom. The number of fused-ring (bicyclic) bond motifs is 1. The fraction of sp³-hybridized carbons (Fsp3) is 0.333. The minimum Gasteiger partial charge on any atom is -0.481 e. The molecule has 20 heavy (non-hydrogen) atoms. The van der Waals surface area contributed by atoms with Gasteiger partial charge in [-0.05, 0) is 32.4 Å². The molecule has 1 aromatic heterocycles. The molecule has 0 aliphatic rings. The molecule has 4 nitrogen and oxygen atoms in total. The van der Waals surface area contributed by atoms with Gasteiger partial charge in [-0.3, -0.25) is 4.98 Å². The molecule has 0 saturated carbocycles. The van der Waals surface area contributed by atoms with Gasteiger partial charge in [-0.1, -0.05) is 17.7 Å². The number of benzene rings is 1. The first-order chi connectivity index (χ1) is 9.52. The molecule has 2 aromatic rings. The van der Waals surface area contributed by atoms with Crippen molar-refractivity contribution >= 4 is 28.5 Å². The Morgan fingerprint density at radius 1 is 1.35 bits per heavy atom. The number of nitrogens with zero attached hydrogens (tertiary/aromatic N) is 1. The summed E-state index contributed by atoms with van der Waals surface area (Å²) in [5.74, 6) is 0.146. The molecule has 0 aliphatic heterocycles. The fourth-order valence-electron chi connectivity index (χ4n) is 1.97. The van der Waals surface area contributed by atoms with Gasteiger partial charge in [0, 0.05) is 11.8 Å². The third kappa shape index (κ3) is 3.02. The van der Waals surface area contributed by atoms with E-state index >= 15 is 0 Å². The number of hydrogen-bond acceptors (Lipinski definition) is 4. The Kier molecular flexibility index (Phi) is 4.45. The second-order valence-electron chi connectivity index (χ2n) is 4.44. The first kappa shape index (κ1) is 14.6. The van der Waals surface area contributed by atoms with Crippen LogP contribution in [0.15, 0.2) is 18.2 Å². The van der Waals surface area contributed by atoms with Gasteiger partial charge in [-0.2, -0.15) is 0 Å². The molecule has 0 fully saturated rings. The molecule has 0 amide bonds. The number of halogens is 1. The van der Waals surface area contributed by atoms with Crippen LogP contribution in [-0.2, 0) is 9.53 Å². The molecule has 106 valence electrons. The van der Waals surface area contributed by atoms with E-state index in [2.05, 4.69) is 4.98 Å². The number of esters is 1. The third-order valence-electron chi connectivity index (χ3n) is 2.85. The van der Waals surface area contributed by atoms with E-state index in [-0.39, 0.29) is 6.61 Å². The molecule has 0 bridgehead atoms. The quantitative estimate of drug-likeness (QED) is 0.810. The van der Waals surface area contributed by atoms with Crippen molar-refractivity contribution in [2.45, 2.75) is 20.8 Å². The highest BCUT2D eigenvalue weighted by Crippen LogP contribution is 2.33. The SMILES string of the molecule is CCOC(=O)COc1cc(C)nc2c(C)ccc(Cl)c12. The number of hydrogen-bond donors (Lipinski definition) is 0. The maximum atomic E-state index is 11.4. The van der Waals surface area contributed by atoms with Crippen molar-refractivity contribution in [3.05, 3.63) is 34.5 Å². The summed E-state index contributed by atoms with van der Waals surface area (Å²) in [6, 6.07) is 5.48. The molecule has 0 spiro atoms. The number of pyridine rings is 1. The van der Waals surface area contributed by atoms with E-state index in [9.17, 15) is 4.79 Å². The van der Waals surface area contributed by atoms with Crippen LogP contribution in [0.2, 0.25) is 5.02 Å². The van der Waals surface area contributed by atoms with Crippen LogP contribution in [0.5, 0.6) is 5.75 Å². The minimum absolute atomic E-state index is 0.142. The molecule has 5 heteroatoms. The summed E-state index contributed by atoms with van der Waals surface area (Å²) in [6.07, 6.45) is 0. The van der Waals surface area contributed by atoms with Gasteiger partial charge in [-0.25, -0.2) is 4.79 Å². The Bertz CT molecular complexity index is 655. The monoisotopic (exact) mass is 293 g/mol. The van der Waals surface area contributed by atoms with Crippen LogP contribution >= 0.6 is 11.6 Å². The van der Waals surface area contributed by atoms with Crippen molar-refractivity contribution in [3.8, 4) is 5.75 Å². The zero-order valence-electron chi connectivity index (χ0n) is 11.7. The zero-order chi connectivity index (χ0) is 14.7. The van der Waals surface area contributed by atoms with E-state index in [0.29, 0.717) is 17.4 Å². The first-order valence-corrected chi connectivity index (χ1v) is 6.75. The average Bonchev–Trinajstić information content (AvgIpc) is 2.40. The zero-order valence-corrected chi connectivity index (χ0v) is 12.5. The topological polar surface area (TPSA) is 48.4 Å². The smallest absolute Gasteiger partial charge is 0.344 e. The van der Waals surface area contributed by atoms with E-state index < -0.39 is 5.97 Å². The van der Waals surface area contributed by atoms with Crippen molar-refractivity contribution in [1.29, 1.82) is 0 Å². The fourth-order valence-corrected chi connectivity index (χ4v) is 2.22. The average molecular weight is 294 g/mol. The summed E-state index contributed by atoms with van der Waals surface area (Å²) >= 11 is 6.23. The summed E-state index contributed by atoms with van der Waals surface area (Å²) in [5, 5.41) is 1.28. The lowest BCUT2D eigenvalue weighted by molar-refractivity contribution is -0.145. The van der Waals surface area contributed by atoms with E-state index in [4.69, 9.17) is 21.1 Å². The highest BCUT2D eigenvalue weighted by atomic mass is 35.5. The second-order valence-corrected chi connectivity index (χ2v) is 4.85. The Labute approximate surface area is 122 Å². The van der Waals surface area contributed by atoms with Crippen LogP contribution in [0.1, 0.15) is 18.2 Å². The lowest BCUT2D eigenvalue weighted by Gasteiger charge is -2.12. The number of carbonyl (C=O) groups excluding carboxylic acids is 1. The summed E-state index contributed by atoms with van der Waals surface area (Å²) in [6.45, 7) is 5.77. The highest BCUT2D eigenvalue weighted by molar-refractivity contribution is 6.36. The van der Waals surface area contributed by atoms with E-state index in [1.807, 2.05) is 19.9 Å². The first-order valence-electron chi connectivity index (χ1n) is 6.37. The van der Waals surface area contributed by atoms with E-state index in [1.54, 1.807) is 19.1 Å². The maximum absolute atomic E-state index is 11.4. The number of aryl methyl sites for hydroxylation is 2. The van der Waals surface area contributed by atoms with Gasteiger partial charge in [0.15, 0.2) is 6.61 Å². The van der Waals surface area contributed by atoms with Crippen molar-refractivity contribution in [2.75, 3.05) is 13.2 Å². The Hall–Kier alpha value is -1.81. The summed E-state index contributed by atoms with van der Waals surface area (Å²) < 4.78 is 10.4. The molecule has 1 heterocycles. The van der Waals surface area contributed by atoms with Gasteiger partial charge in [0.25, 0.3) is 0 Å². The van der Waals surface area contributed by atoms with Gasteiger partial charge < -0.3 is 9.47 Å². The summed E-state index contributed by atoms with van der Waals surface area (Å²) in [7, 11) is 0. The predicted molar refractivity (Wildman–Crippen MR) is 78.4 cm³/mol. The molecular formula is C15H16ClNO3. The van der Waals surface area contributed by atoms with Gasteiger partial charge in [-0.15, -0.1) is 0 Å².